The molecule has 0 radical (unpaired) electrons. The standard InChI is InChI=1S/C64H103O11P/c1-4-7-10-13-16-19-22-25-28-30-33-36-39-42-45-48-51-54-63(67)74-60(56-65)58-72-76(69,70)73-59-61(57-71-62(66)53-50-47-44-41-38-35-32-27-24-21-18-15-12-9-6-3)75-64(68)55-52-49-46-43-40-37-34-31-29-26-23-20-17-14-11-8-5-2/h8-9,11-12,17-18,20-21,25-29,32,34,37-38,41,43,46-47,50,60-61,65H,4-7,10,13-16,19,22-24,30-31,33,35-36,39-40,42,44-45,48-49,51-59H2,1-3H3,(H,69,70)/b11-8-,12-9-,20-17-,21-18-,28-25-,29-26-,32-27-,37-34-,41-38-,46-43-,50-47-. The van der Waals surface area contributed by atoms with Crippen LogP contribution in [0, 0.1) is 0 Å². The van der Waals surface area contributed by atoms with E-state index in [2.05, 4.69) is 124 Å². The van der Waals surface area contributed by atoms with Gasteiger partial charge in [0.05, 0.1) is 26.2 Å². The zero-order chi connectivity index (χ0) is 55.5. The Hall–Kier alpha value is -4.38. The van der Waals surface area contributed by atoms with Crippen LogP contribution in [0.4, 0.5) is 0 Å². The van der Waals surface area contributed by atoms with Crippen LogP contribution in [0.2, 0.25) is 0 Å². The molecule has 0 saturated heterocycles. The maximum absolute atomic E-state index is 12.9. The Morgan fingerprint density at radius 1 is 0.395 bits per heavy atom. The summed E-state index contributed by atoms with van der Waals surface area (Å²) in [7, 11) is -4.79. The monoisotopic (exact) mass is 1080 g/mol. The van der Waals surface area contributed by atoms with Crippen molar-refractivity contribution < 1.29 is 52.2 Å². The number of hydrogen-bond donors (Lipinski definition) is 2. The van der Waals surface area contributed by atoms with Gasteiger partial charge in [-0.2, -0.15) is 0 Å². The van der Waals surface area contributed by atoms with Crippen molar-refractivity contribution in [2.75, 3.05) is 26.4 Å². The lowest BCUT2D eigenvalue weighted by Crippen LogP contribution is -2.30. The van der Waals surface area contributed by atoms with E-state index in [1.807, 2.05) is 24.3 Å². The van der Waals surface area contributed by atoms with Crippen molar-refractivity contribution in [3.63, 3.8) is 0 Å². The van der Waals surface area contributed by atoms with Gasteiger partial charge in [0.25, 0.3) is 0 Å². The van der Waals surface area contributed by atoms with Crippen molar-refractivity contribution in [1.29, 1.82) is 0 Å². The fourth-order valence-electron chi connectivity index (χ4n) is 7.22. The number of ether oxygens (including phenoxy) is 3. The van der Waals surface area contributed by atoms with Gasteiger partial charge in [0.15, 0.2) is 6.10 Å². The Bertz CT molecular complexity index is 1780. The first kappa shape index (κ1) is 71.6. The van der Waals surface area contributed by atoms with Crippen LogP contribution in [0.1, 0.15) is 213 Å². The maximum atomic E-state index is 12.9. The smallest absolute Gasteiger partial charge is 0.461 e. The minimum absolute atomic E-state index is 0.0250. The number of rotatable bonds is 52. The first-order chi connectivity index (χ1) is 37.2. The maximum Gasteiger partial charge on any atom is 0.472 e. The largest absolute Gasteiger partial charge is 0.472 e. The lowest BCUT2D eigenvalue weighted by molar-refractivity contribution is -0.161. The zero-order valence-corrected chi connectivity index (χ0v) is 48.3. The van der Waals surface area contributed by atoms with Crippen LogP contribution >= 0.6 is 7.82 Å². The average molecular weight is 1080 g/mol. The van der Waals surface area contributed by atoms with Crippen LogP contribution in [0.25, 0.3) is 0 Å². The molecule has 0 heterocycles. The molecule has 2 N–H and O–H groups in total. The lowest BCUT2D eigenvalue weighted by atomic mass is 10.1. The molecular weight excluding hydrogens is 976 g/mol. The van der Waals surface area contributed by atoms with E-state index in [0.29, 0.717) is 25.7 Å². The molecule has 12 heteroatoms. The Morgan fingerprint density at radius 3 is 1.18 bits per heavy atom. The summed E-state index contributed by atoms with van der Waals surface area (Å²) in [4.78, 5) is 48.5. The summed E-state index contributed by atoms with van der Waals surface area (Å²) in [5.74, 6) is -1.71. The first-order valence-corrected chi connectivity index (χ1v) is 30.6. The van der Waals surface area contributed by atoms with Gasteiger partial charge in [-0.05, 0) is 109 Å². The van der Waals surface area contributed by atoms with Crippen LogP contribution in [0.5, 0.6) is 0 Å². The van der Waals surface area contributed by atoms with Crippen molar-refractivity contribution in [3.05, 3.63) is 134 Å². The summed E-state index contributed by atoms with van der Waals surface area (Å²) in [5.41, 5.74) is 0. The number of unbranched alkanes of at least 4 members (excludes halogenated alkanes) is 14. The van der Waals surface area contributed by atoms with E-state index >= 15 is 0 Å². The molecule has 3 atom stereocenters. The minimum Gasteiger partial charge on any atom is -0.461 e. The Morgan fingerprint density at radius 2 is 0.737 bits per heavy atom. The SMILES string of the molecule is CC/C=C\C/C=C\C/C=C\C/C=C\C/C=C\CCCC(=O)OC(COC(=O)C/C=C\C/C=C\C/C=C\C/C=C\C/C=C\CC)COP(=O)(O)OCC(CO)OC(=O)CCCCCCCCC/C=C\CCCCCCCC. The molecule has 0 bridgehead atoms. The lowest BCUT2D eigenvalue weighted by Gasteiger charge is -2.21. The fraction of sp³-hybridized carbons (Fsp3) is 0.609. The molecule has 0 fully saturated rings. The van der Waals surface area contributed by atoms with Gasteiger partial charge in [0, 0.05) is 12.8 Å². The molecule has 0 aliphatic heterocycles. The van der Waals surface area contributed by atoms with Crippen molar-refractivity contribution in [2.24, 2.45) is 0 Å². The van der Waals surface area contributed by atoms with Gasteiger partial charge in [-0.15, -0.1) is 0 Å². The second-order valence-electron chi connectivity index (χ2n) is 18.7. The van der Waals surface area contributed by atoms with Gasteiger partial charge in [0.1, 0.15) is 12.7 Å². The topological polar surface area (TPSA) is 155 Å². The van der Waals surface area contributed by atoms with Crippen molar-refractivity contribution in [2.45, 2.75) is 226 Å². The van der Waals surface area contributed by atoms with Gasteiger partial charge in [-0.3, -0.25) is 23.4 Å². The quantitative estimate of drug-likeness (QED) is 0.0197. The highest BCUT2D eigenvalue weighted by Gasteiger charge is 2.28. The number of aliphatic hydroxyl groups is 1. The summed E-state index contributed by atoms with van der Waals surface area (Å²) < 4.78 is 39.3. The summed E-state index contributed by atoms with van der Waals surface area (Å²) in [6, 6.07) is 0. The van der Waals surface area contributed by atoms with Gasteiger partial charge in [-0.25, -0.2) is 4.57 Å². The second kappa shape index (κ2) is 56.8. The highest BCUT2D eigenvalue weighted by molar-refractivity contribution is 7.47. The van der Waals surface area contributed by atoms with Crippen LogP contribution in [-0.4, -0.2) is 66.5 Å². The van der Waals surface area contributed by atoms with E-state index in [1.54, 1.807) is 6.08 Å². The van der Waals surface area contributed by atoms with E-state index in [4.69, 9.17) is 23.3 Å². The highest BCUT2D eigenvalue weighted by atomic mass is 31.2. The van der Waals surface area contributed by atoms with Gasteiger partial charge in [-0.1, -0.05) is 219 Å². The third kappa shape index (κ3) is 54.4. The van der Waals surface area contributed by atoms with Crippen molar-refractivity contribution >= 4 is 25.7 Å². The summed E-state index contributed by atoms with van der Waals surface area (Å²) in [6.07, 6.45) is 71.6. The molecule has 0 saturated carbocycles. The summed E-state index contributed by atoms with van der Waals surface area (Å²) in [5, 5.41) is 9.82. The molecule has 76 heavy (non-hydrogen) atoms. The third-order valence-corrected chi connectivity index (χ3v) is 12.5. The van der Waals surface area contributed by atoms with Crippen LogP contribution in [-0.2, 0) is 42.2 Å². The number of aliphatic hydroxyl groups excluding tert-OH is 1. The predicted molar refractivity (Wildman–Crippen MR) is 316 cm³/mol. The van der Waals surface area contributed by atoms with E-state index in [0.717, 1.165) is 89.9 Å². The molecule has 0 aromatic heterocycles. The van der Waals surface area contributed by atoms with E-state index in [9.17, 15) is 28.9 Å². The Labute approximate surface area is 461 Å². The second-order valence-corrected chi connectivity index (χ2v) is 20.2. The van der Waals surface area contributed by atoms with E-state index < -0.39 is 64.4 Å². The normalized spacial score (nSPS) is 14.3. The molecular formula is C64H103O11P. The average Bonchev–Trinajstić information content (AvgIpc) is 3.41. The number of carbonyl (C=O) groups is 3. The van der Waals surface area contributed by atoms with E-state index in [-0.39, 0.29) is 19.3 Å². The van der Waals surface area contributed by atoms with Gasteiger partial charge in [0.2, 0.25) is 0 Å². The first-order valence-electron chi connectivity index (χ1n) is 29.1. The Kier molecular flexibility index (Phi) is 53.5. The van der Waals surface area contributed by atoms with E-state index in [1.165, 1.54) is 57.8 Å². The third-order valence-electron chi connectivity index (χ3n) is 11.6. The van der Waals surface area contributed by atoms with Gasteiger partial charge >= 0.3 is 25.7 Å². The molecule has 3 unspecified atom stereocenters. The predicted octanol–water partition coefficient (Wildman–Crippen LogP) is 17.4. The van der Waals surface area contributed by atoms with Crippen LogP contribution in [0.3, 0.4) is 0 Å². The molecule has 0 spiro atoms. The number of phosphoric acid groups is 1. The number of allylic oxidation sites excluding steroid dienone is 21. The van der Waals surface area contributed by atoms with Gasteiger partial charge < -0.3 is 24.2 Å². The van der Waals surface area contributed by atoms with Crippen molar-refractivity contribution in [3.8, 4) is 0 Å². The molecule has 11 nitrogen and oxygen atoms in total. The molecule has 0 aliphatic carbocycles. The number of phosphoric ester groups is 1. The van der Waals surface area contributed by atoms with Crippen molar-refractivity contribution in [1.82, 2.24) is 0 Å². The number of esters is 3. The molecule has 0 amide bonds. The Balaban J connectivity index is 4.89. The molecule has 430 valence electrons. The number of carbonyl (C=O) groups excluding carboxylic acids is 3. The zero-order valence-electron chi connectivity index (χ0n) is 47.4. The highest BCUT2D eigenvalue weighted by Crippen LogP contribution is 2.43. The number of hydrogen-bond acceptors (Lipinski definition) is 10. The molecule has 0 aromatic carbocycles. The summed E-state index contributed by atoms with van der Waals surface area (Å²) in [6.45, 7) is 4.22. The minimum atomic E-state index is -4.79. The molecule has 0 rings (SSSR count). The summed E-state index contributed by atoms with van der Waals surface area (Å²) >= 11 is 0. The van der Waals surface area contributed by atoms with Crippen LogP contribution < -0.4 is 0 Å². The molecule has 0 aliphatic rings. The molecule has 0 aromatic rings. The fourth-order valence-corrected chi connectivity index (χ4v) is 8.01. The van der Waals surface area contributed by atoms with Crippen LogP contribution in [0.15, 0.2) is 134 Å².